The summed E-state index contributed by atoms with van der Waals surface area (Å²) in [6.07, 6.45) is 10.3. The number of rotatable bonds is 0. The largest absolute Gasteiger partial charge is 0.508 e. The summed E-state index contributed by atoms with van der Waals surface area (Å²) in [6.45, 7) is 6.81. The normalized spacial score (nSPS) is 38.5. The molecular weight excluding hydrogens is 268 g/mol. The van der Waals surface area contributed by atoms with Crippen molar-refractivity contribution < 1.29 is 5.11 Å². The molecule has 118 valence electrons. The van der Waals surface area contributed by atoms with Crippen LogP contribution in [-0.4, -0.2) is 5.11 Å². The Kier molecular flexibility index (Phi) is 3.18. The van der Waals surface area contributed by atoms with Gasteiger partial charge in [-0.2, -0.15) is 0 Å². The van der Waals surface area contributed by atoms with Gasteiger partial charge in [0.1, 0.15) is 5.75 Å². The van der Waals surface area contributed by atoms with Gasteiger partial charge in [-0.1, -0.05) is 24.6 Å². The second kappa shape index (κ2) is 4.88. The second-order valence-electron chi connectivity index (χ2n) is 8.06. The number of fused-ring (bicyclic) bond motifs is 5. The fourth-order valence-corrected chi connectivity index (χ4v) is 6.04. The summed E-state index contributed by atoms with van der Waals surface area (Å²) in [6, 6.07) is 4.33. The Morgan fingerprint density at radius 3 is 2.77 bits per heavy atom. The molecule has 0 spiro atoms. The molecule has 4 rings (SSSR count). The minimum absolute atomic E-state index is 0.472. The van der Waals surface area contributed by atoms with Crippen LogP contribution in [0.5, 0.6) is 5.75 Å². The van der Waals surface area contributed by atoms with Crippen LogP contribution in [0.2, 0.25) is 0 Å². The van der Waals surface area contributed by atoms with Crippen LogP contribution in [0.3, 0.4) is 0 Å². The Morgan fingerprint density at radius 1 is 1.18 bits per heavy atom. The minimum atomic E-state index is 0.472. The van der Waals surface area contributed by atoms with Gasteiger partial charge in [0.25, 0.3) is 0 Å². The lowest BCUT2D eigenvalue weighted by Gasteiger charge is -2.49. The zero-order valence-electron chi connectivity index (χ0n) is 14.2. The zero-order valence-corrected chi connectivity index (χ0v) is 14.2. The maximum absolute atomic E-state index is 10.0. The summed E-state index contributed by atoms with van der Waals surface area (Å²) in [5.41, 5.74) is 6.22. The van der Waals surface area contributed by atoms with E-state index in [1.54, 1.807) is 11.1 Å². The number of aryl methyl sites for hydroxylation is 2. The Bertz CT molecular complexity index is 642. The van der Waals surface area contributed by atoms with Gasteiger partial charge in [-0.3, -0.25) is 0 Å². The number of benzene rings is 1. The van der Waals surface area contributed by atoms with Gasteiger partial charge >= 0.3 is 0 Å². The highest BCUT2D eigenvalue weighted by molar-refractivity contribution is 5.45. The molecule has 1 N–H and O–H groups in total. The third-order valence-electron chi connectivity index (χ3n) is 7.24. The van der Waals surface area contributed by atoms with Crippen LogP contribution in [-0.2, 0) is 6.42 Å². The van der Waals surface area contributed by atoms with Gasteiger partial charge < -0.3 is 5.11 Å². The van der Waals surface area contributed by atoms with Crippen molar-refractivity contribution in [2.75, 3.05) is 0 Å². The van der Waals surface area contributed by atoms with Crippen LogP contribution < -0.4 is 0 Å². The SMILES string of the molecule is C/C=C1/CCC2C3CCc4cc(O)c(C)cc4C3CC[C@]12C. The molecule has 2 fully saturated rings. The standard InChI is InChI=1S/C21H28O/c1-4-15-6-8-19-17-7-5-14-12-20(22)13(2)11-18(14)16(17)9-10-21(15,19)3/h4,11-12,16-17,19,22H,5-10H2,1-3H3/b15-4-/t16?,17?,19?,21-/m1/s1. The van der Waals surface area contributed by atoms with Crippen LogP contribution in [0.25, 0.3) is 0 Å². The van der Waals surface area contributed by atoms with E-state index in [0.29, 0.717) is 11.2 Å². The molecule has 0 aromatic heterocycles. The first-order chi connectivity index (χ1) is 10.5. The van der Waals surface area contributed by atoms with Crippen molar-refractivity contribution in [3.8, 4) is 5.75 Å². The van der Waals surface area contributed by atoms with Gasteiger partial charge in [-0.15, -0.1) is 0 Å². The highest BCUT2D eigenvalue weighted by Crippen LogP contribution is 2.62. The average Bonchev–Trinajstić information content (AvgIpc) is 2.85. The summed E-state index contributed by atoms with van der Waals surface area (Å²) in [5.74, 6) is 2.94. The van der Waals surface area contributed by atoms with Gasteiger partial charge in [0.05, 0.1) is 0 Å². The summed E-state index contributed by atoms with van der Waals surface area (Å²) < 4.78 is 0. The van der Waals surface area contributed by atoms with E-state index in [4.69, 9.17) is 0 Å². The van der Waals surface area contributed by atoms with E-state index < -0.39 is 0 Å². The molecule has 3 unspecified atom stereocenters. The molecule has 0 saturated heterocycles. The lowest BCUT2D eigenvalue weighted by Crippen LogP contribution is -2.40. The van der Waals surface area contributed by atoms with Gasteiger partial charge in [0.15, 0.2) is 0 Å². The van der Waals surface area contributed by atoms with E-state index in [1.165, 1.54) is 37.7 Å². The molecule has 0 radical (unpaired) electrons. The lowest BCUT2D eigenvalue weighted by molar-refractivity contribution is 0.0813. The third kappa shape index (κ3) is 1.84. The number of phenolic OH excluding ortho intramolecular Hbond substituents is 1. The molecule has 0 heterocycles. The molecule has 0 amide bonds. The first-order valence-corrected chi connectivity index (χ1v) is 9.02. The number of hydrogen-bond acceptors (Lipinski definition) is 1. The van der Waals surface area contributed by atoms with Crippen molar-refractivity contribution in [2.24, 2.45) is 17.3 Å². The third-order valence-corrected chi connectivity index (χ3v) is 7.24. The fraction of sp³-hybridized carbons (Fsp3) is 0.619. The lowest BCUT2D eigenvalue weighted by atomic mass is 9.55. The van der Waals surface area contributed by atoms with Gasteiger partial charge in [-0.25, -0.2) is 0 Å². The average molecular weight is 296 g/mol. The molecule has 3 aliphatic rings. The van der Waals surface area contributed by atoms with Crippen molar-refractivity contribution in [2.45, 2.75) is 65.2 Å². The van der Waals surface area contributed by atoms with Gasteiger partial charge in [0, 0.05) is 0 Å². The summed E-state index contributed by atoms with van der Waals surface area (Å²) in [4.78, 5) is 0. The van der Waals surface area contributed by atoms with E-state index in [9.17, 15) is 5.11 Å². The zero-order chi connectivity index (χ0) is 15.5. The highest BCUT2D eigenvalue weighted by Gasteiger charge is 2.52. The monoisotopic (exact) mass is 296 g/mol. The molecule has 1 aromatic carbocycles. The number of phenols is 1. The van der Waals surface area contributed by atoms with E-state index in [-0.39, 0.29) is 0 Å². The van der Waals surface area contributed by atoms with E-state index in [2.05, 4.69) is 26.0 Å². The van der Waals surface area contributed by atoms with Crippen molar-refractivity contribution in [3.05, 3.63) is 40.5 Å². The predicted molar refractivity (Wildman–Crippen MR) is 91.2 cm³/mol. The van der Waals surface area contributed by atoms with E-state index in [1.807, 2.05) is 13.0 Å². The van der Waals surface area contributed by atoms with Crippen molar-refractivity contribution in [1.82, 2.24) is 0 Å². The molecular formula is C21H28O. The number of allylic oxidation sites excluding steroid dienone is 2. The van der Waals surface area contributed by atoms with Crippen molar-refractivity contribution in [1.29, 1.82) is 0 Å². The second-order valence-corrected chi connectivity index (χ2v) is 8.06. The topological polar surface area (TPSA) is 20.2 Å². The highest BCUT2D eigenvalue weighted by atomic mass is 16.3. The van der Waals surface area contributed by atoms with Crippen LogP contribution in [0.1, 0.15) is 68.6 Å². The number of hydrogen-bond donors (Lipinski definition) is 1. The molecule has 1 heteroatoms. The molecule has 3 aliphatic carbocycles. The van der Waals surface area contributed by atoms with E-state index in [0.717, 1.165) is 29.7 Å². The minimum Gasteiger partial charge on any atom is -0.508 e. The fourth-order valence-electron chi connectivity index (χ4n) is 6.04. The molecule has 1 aromatic rings. The Morgan fingerprint density at radius 2 is 2.00 bits per heavy atom. The van der Waals surface area contributed by atoms with Crippen molar-refractivity contribution in [3.63, 3.8) is 0 Å². The smallest absolute Gasteiger partial charge is 0.118 e. The number of aromatic hydroxyl groups is 1. The summed E-state index contributed by atoms with van der Waals surface area (Å²) in [5, 5.41) is 10.0. The Labute approximate surface area is 134 Å². The quantitative estimate of drug-likeness (QED) is 0.626. The predicted octanol–water partition coefficient (Wildman–Crippen LogP) is 5.50. The molecule has 0 bridgehead atoms. The van der Waals surface area contributed by atoms with Crippen LogP contribution in [0.15, 0.2) is 23.8 Å². The van der Waals surface area contributed by atoms with Crippen LogP contribution >= 0.6 is 0 Å². The van der Waals surface area contributed by atoms with Gasteiger partial charge in [-0.05, 0) is 98.3 Å². The summed E-state index contributed by atoms with van der Waals surface area (Å²) in [7, 11) is 0. The maximum Gasteiger partial charge on any atom is 0.118 e. The summed E-state index contributed by atoms with van der Waals surface area (Å²) >= 11 is 0. The molecule has 2 saturated carbocycles. The van der Waals surface area contributed by atoms with E-state index >= 15 is 0 Å². The van der Waals surface area contributed by atoms with Crippen LogP contribution in [0.4, 0.5) is 0 Å². The first-order valence-electron chi connectivity index (χ1n) is 9.02. The maximum atomic E-state index is 10.0. The molecule has 4 atom stereocenters. The Hall–Kier alpha value is -1.24. The molecule has 0 aliphatic heterocycles. The molecule has 1 nitrogen and oxygen atoms in total. The van der Waals surface area contributed by atoms with Crippen LogP contribution in [0, 0.1) is 24.2 Å². The van der Waals surface area contributed by atoms with Crippen molar-refractivity contribution >= 4 is 0 Å². The Balaban J connectivity index is 1.73. The molecule has 22 heavy (non-hydrogen) atoms. The first kappa shape index (κ1) is 14.4. The van der Waals surface area contributed by atoms with Gasteiger partial charge in [0.2, 0.25) is 0 Å².